The molecule has 1 aromatic heterocycles. The summed E-state index contributed by atoms with van der Waals surface area (Å²) in [5.41, 5.74) is 5.49. The molecule has 1 heterocycles. The van der Waals surface area contributed by atoms with Crippen LogP contribution in [0.4, 0.5) is 0 Å². The van der Waals surface area contributed by atoms with Crippen molar-refractivity contribution < 1.29 is 4.79 Å². The molecule has 5 nitrogen and oxygen atoms in total. The van der Waals surface area contributed by atoms with Crippen LogP contribution in [0.15, 0.2) is 52.4 Å². The zero-order valence-electron chi connectivity index (χ0n) is 14.1. The Labute approximate surface area is 154 Å². The van der Waals surface area contributed by atoms with E-state index in [4.69, 9.17) is 0 Å². The summed E-state index contributed by atoms with van der Waals surface area (Å²) in [7, 11) is 0. The Hall–Kier alpha value is -2.60. The monoisotopic (exact) mass is 363 g/mol. The van der Waals surface area contributed by atoms with Crippen LogP contribution in [-0.4, -0.2) is 26.3 Å². The van der Waals surface area contributed by atoms with Crippen molar-refractivity contribution >= 4 is 17.5 Å². The maximum atomic E-state index is 12.7. The van der Waals surface area contributed by atoms with Crippen molar-refractivity contribution in [2.24, 2.45) is 0 Å². The summed E-state index contributed by atoms with van der Waals surface area (Å²) in [6.07, 6.45) is 2.94. The van der Waals surface area contributed by atoms with Crippen LogP contribution in [0, 0.1) is 0 Å². The van der Waals surface area contributed by atoms with Crippen LogP contribution in [0.3, 0.4) is 0 Å². The highest BCUT2D eigenvalue weighted by molar-refractivity contribution is 7.99. The van der Waals surface area contributed by atoms with E-state index in [0.717, 1.165) is 24.8 Å². The number of rotatable bonds is 5. The maximum absolute atomic E-state index is 12.7. The number of H-pyrrole nitrogens is 1. The molecule has 0 aliphatic heterocycles. The number of Topliss-reactive ketones (excluding diaryl/α,β-unsaturated/α-hetero) is 1. The Balaban J connectivity index is 1.37. The fourth-order valence-corrected chi connectivity index (χ4v) is 4.47. The van der Waals surface area contributed by atoms with Crippen molar-refractivity contribution in [2.75, 3.05) is 5.75 Å². The summed E-state index contributed by atoms with van der Waals surface area (Å²) in [6, 6.07) is 14.6. The number of ketones is 1. The smallest absolute Gasteiger partial charge is 0.293 e. The van der Waals surface area contributed by atoms with E-state index in [9.17, 15) is 9.59 Å². The van der Waals surface area contributed by atoms with Gasteiger partial charge in [-0.3, -0.25) is 9.36 Å². The first-order valence-electron chi connectivity index (χ1n) is 8.75. The molecule has 1 fully saturated rings. The van der Waals surface area contributed by atoms with E-state index < -0.39 is 0 Å². The molecule has 2 aliphatic rings. The number of carbonyl (C=O) groups is 1. The van der Waals surface area contributed by atoms with Crippen molar-refractivity contribution in [3.63, 3.8) is 0 Å². The van der Waals surface area contributed by atoms with E-state index in [1.807, 2.05) is 18.2 Å². The fraction of sp³-hybridized carbons (Fsp3) is 0.250. The minimum atomic E-state index is -0.184. The minimum absolute atomic E-state index is 0.0555. The second-order valence-electron chi connectivity index (χ2n) is 6.83. The predicted octanol–water partition coefficient (Wildman–Crippen LogP) is 3.45. The van der Waals surface area contributed by atoms with E-state index in [0.29, 0.717) is 10.7 Å². The number of hydrogen-bond donors (Lipinski definition) is 1. The highest BCUT2D eigenvalue weighted by atomic mass is 32.2. The zero-order chi connectivity index (χ0) is 17.7. The number of benzene rings is 2. The number of fused-ring (bicyclic) bond motifs is 3. The Bertz CT molecular complexity index is 1080. The van der Waals surface area contributed by atoms with Gasteiger partial charge in [0.2, 0.25) is 0 Å². The first-order valence-corrected chi connectivity index (χ1v) is 9.73. The van der Waals surface area contributed by atoms with Crippen molar-refractivity contribution in [2.45, 2.75) is 30.5 Å². The van der Waals surface area contributed by atoms with Gasteiger partial charge >= 0.3 is 5.69 Å². The van der Waals surface area contributed by atoms with Crippen molar-refractivity contribution in [1.82, 2.24) is 14.8 Å². The standard InChI is InChI=1S/C20H17N3O2S/c24-18(11-26-20-22-21-19(25)23(20)15-7-8-15)14-6-5-13-9-12-3-1-2-4-16(12)17(13)10-14/h1-6,10,15H,7-9,11H2,(H,21,25). The molecule has 26 heavy (non-hydrogen) atoms. The van der Waals surface area contributed by atoms with Gasteiger partial charge < -0.3 is 0 Å². The van der Waals surface area contributed by atoms with Crippen molar-refractivity contribution in [3.05, 3.63) is 69.6 Å². The van der Waals surface area contributed by atoms with E-state index in [-0.39, 0.29) is 23.3 Å². The molecule has 0 spiro atoms. The van der Waals surface area contributed by atoms with Gasteiger partial charge in [0.25, 0.3) is 0 Å². The first-order chi connectivity index (χ1) is 12.7. The second-order valence-corrected chi connectivity index (χ2v) is 7.77. The number of carbonyl (C=O) groups excluding carboxylic acids is 1. The van der Waals surface area contributed by atoms with Gasteiger partial charge in [-0.1, -0.05) is 48.2 Å². The lowest BCUT2D eigenvalue weighted by molar-refractivity contribution is 0.102. The molecule has 2 aromatic carbocycles. The third-order valence-corrected chi connectivity index (χ3v) is 5.99. The normalized spacial score (nSPS) is 14.9. The molecule has 130 valence electrons. The van der Waals surface area contributed by atoms with Gasteiger partial charge in [-0.2, -0.15) is 0 Å². The number of aromatic nitrogens is 3. The molecular formula is C20H17N3O2S. The molecule has 1 N–H and O–H groups in total. The molecular weight excluding hydrogens is 346 g/mol. The zero-order valence-corrected chi connectivity index (χ0v) is 14.9. The van der Waals surface area contributed by atoms with E-state index >= 15 is 0 Å². The van der Waals surface area contributed by atoms with Gasteiger partial charge in [0.05, 0.1) is 5.75 Å². The van der Waals surface area contributed by atoms with E-state index in [2.05, 4.69) is 34.5 Å². The second kappa shape index (κ2) is 5.99. The molecule has 5 rings (SSSR count). The van der Waals surface area contributed by atoms with Crippen LogP contribution in [0.2, 0.25) is 0 Å². The average Bonchev–Trinajstić information content (AvgIpc) is 3.32. The van der Waals surface area contributed by atoms with Crippen LogP contribution in [-0.2, 0) is 6.42 Å². The summed E-state index contributed by atoms with van der Waals surface area (Å²) in [4.78, 5) is 24.5. The Morgan fingerprint density at radius 3 is 2.81 bits per heavy atom. The number of hydrogen-bond acceptors (Lipinski definition) is 4. The summed E-state index contributed by atoms with van der Waals surface area (Å²) in [5.74, 6) is 0.331. The maximum Gasteiger partial charge on any atom is 0.344 e. The predicted molar refractivity (Wildman–Crippen MR) is 101 cm³/mol. The molecule has 0 radical (unpaired) electrons. The Kier molecular flexibility index (Phi) is 3.60. The van der Waals surface area contributed by atoms with Crippen molar-refractivity contribution in [1.29, 1.82) is 0 Å². The molecule has 0 atom stereocenters. The van der Waals surface area contributed by atoms with Gasteiger partial charge in [0.1, 0.15) is 0 Å². The van der Waals surface area contributed by atoms with Crippen LogP contribution in [0.1, 0.15) is 40.4 Å². The quantitative estimate of drug-likeness (QED) is 0.436. The number of aromatic amines is 1. The third-order valence-electron chi connectivity index (χ3n) is 5.04. The largest absolute Gasteiger partial charge is 0.344 e. The number of thioether (sulfide) groups is 1. The van der Waals surface area contributed by atoms with E-state index in [1.54, 1.807) is 4.57 Å². The van der Waals surface area contributed by atoms with Crippen LogP contribution in [0.5, 0.6) is 0 Å². The minimum Gasteiger partial charge on any atom is -0.293 e. The summed E-state index contributed by atoms with van der Waals surface area (Å²) in [5, 5.41) is 7.17. The van der Waals surface area contributed by atoms with Crippen LogP contribution in [0.25, 0.3) is 11.1 Å². The van der Waals surface area contributed by atoms with Crippen molar-refractivity contribution in [3.8, 4) is 11.1 Å². The number of nitrogens with one attached hydrogen (secondary N) is 1. The lowest BCUT2D eigenvalue weighted by Gasteiger charge is -2.06. The van der Waals surface area contributed by atoms with Crippen LogP contribution >= 0.6 is 11.8 Å². The molecule has 1 saturated carbocycles. The van der Waals surface area contributed by atoms with Gasteiger partial charge in [0, 0.05) is 11.6 Å². The third kappa shape index (κ3) is 2.61. The fourth-order valence-electron chi connectivity index (χ4n) is 3.56. The van der Waals surface area contributed by atoms with Crippen LogP contribution < -0.4 is 5.69 Å². The molecule has 2 aliphatic carbocycles. The molecule has 0 saturated heterocycles. The molecule has 0 bridgehead atoms. The van der Waals surface area contributed by atoms with Gasteiger partial charge in [-0.25, -0.2) is 9.89 Å². The van der Waals surface area contributed by atoms with E-state index in [1.165, 1.54) is 28.5 Å². The Morgan fingerprint density at radius 1 is 1.15 bits per heavy atom. The molecule has 0 unspecified atom stereocenters. The lowest BCUT2D eigenvalue weighted by Crippen LogP contribution is -2.16. The summed E-state index contributed by atoms with van der Waals surface area (Å²) >= 11 is 1.33. The topological polar surface area (TPSA) is 67.8 Å². The summed E-state index contributed by atoms with van der Waals surface area (Å²) < 4.78 is 1.68. The molecule has 6 heteroatoms. The number of nitrogens with zero attached hydrogens (tertiary/aromatic N) is 2. The van der Waals surface area contributed by atoms with Gasteiger partial charge in [-0.15, -0.1) is 5.10 Å². The Morgan fingerprint density at radius 2 is 1.96 bits per heavy atom. The molecule has 3 aromatic rings. The first kappa shape index (κ1) is 15.6. The average molecular weight is 363 g/mol. The summed E-state index contributed by atoms with van der Waals surface area (Å²) in [6.45, 7) is 0. The SMILES string of the molecule is O=C(CSc1n[nH]c(=O)n1C1CC1)c1ccc2c(c1)-c1ccccc1C2. The highest BCUT2D eigenvalue weighted by Gasteiger charge is 2.29. The van der Waals surface area contributed by atoms with Gasteiger partial charge in [-0.05, 0) is 47.6 Å². The molecule has 0 amide bonds. The lowest BCUT2D eigenvalue weighted by atomic mass is 10.0. The highest BCUT2D eigenvalue weighted by Crippen LogP contribution is 2.38. The van der Waals surface area contributed by atoms with Gasteiger partial charge in [0.15, 0.2) is 10.9 Å².